The molecule has 1 atom stereocenters. The molecule has 0 spiro atoms. The molecule has 0 aromatic rings. The van der Waals surface area contributed by atoms with Gasteiger partial charge in [-0.15, -0.1) is 0 Å². The molecule has 1 saturated carbocycles. The van der Waals surface area contributed by atoms with Crippen molar-refractivity contribution in [2.75, 3.05) is 6.54 Å². The van der Waals surface area contributed by atoms with Crippen molar-refractivity contribution >= 4 is 11.9 Å². The van der Waals surface area contributed by atoms with Crippen molar-refractivity contribution in [3.63, 3.8) is 0 Å². The minimum Gasteiger partial charge on any atom is -0.481 e. The van der Waals surface area contributed by atoms with Crippen LogP contribution in [-0.4, -0.2) is 23.5 Å². The average Bonchev–Trinajstić information content (AvgIpc) is 2.42. The molecule has 19 heavy (non-hydrogen) atoms. The van der Waals surface area contributed by atoms with Crippen LogP contribution in [0.15, 0.2) is 0 Å². The lowest BCUT2D eigenvalue weighted by molar-refractivity contribution is -0.143. The molecule has 2 N–H and O–H groups in total. The summed E-state index contributed by atoms with van der Waals surface area (Å²) in [5, 5.41) is 11.9. The van der Waals surface area contributed by atoms with Crippen LogP contribution >= 0.6 is 0 Å². The molecule has 0 saturated heterocycles. The van der Waals surface area contributed by atoms with Gasteiger partial charge in [-0.25, -0.2) is 0 Å². The zero-order chi connectivity index (χ0) is 14.3. The quantitative estimate of drug-likeness (QED) is 0.747. The lowest BCUT2D eigenvalue weighted by Gasteiger charge is -2.26. The van der Waals surface area contributed by atoms with Gasteiger partial charge >= 0.3 is 5.97 Å². The molecule has 110 valence electrons. The monoisotopic (exact) mass is 269 g/mol. The van der Waals surface area contributed by atoms with Gasteiger partial charge in [0.25, 0.3) is 0 Å². The molecule has 0 aromatic heterocycles. The first-order chi connectivity index (χ1) is 9.04. The fourth-order valence-corrected chi connectivity index (χ4v) is 2.67. The summed E-state index contributed by atoms with van der Waals surface area (Å²) in [7, 11) is 0. The van der Waals surface area contributed by atoms with E-state index in [4.69, 9.17) is 5.11 Å². The Bertz CT molecular complexity index is 296. The van der Waals surface area contributed by atoms with Gasteiger partial charge in [0.2, 0.25) is 5.91 Å². The summed E-state index contributed by atoms with van der Waals surface area (Å²) in [4.78, 5) is 22.7. The van der Waals surface area contributed by atoms with Crippen molar-refractivity contribution in [2.24, 2.45) is 17.8 Å². The number of nitrogens with one attached hydrogen (secondary N) is 1. The van der Waals surface area contributed by atoms with Gasteiger partial charge < -0.3 is 10.4 Å². The summed E-state index contributed by atoms with van der Waals surface area (Å²) in [6.45, 7) is 4.82. The third kappa shape index (κ3) is 5.62. The van der Waals surface area contributed by atoms with E-state index in [0.29, 0.717) is 12.5 Å². The minimum absolute atomic E-state index is 0.0929. The zero-order valence-corrected chi connectivity index (χ0v) is 12.2. The summed E-state index contributed by atoms with van der Waals surface area (Å²) in [6, 6.07) is 0. The molecule has 1 aliphatic carbocycles. The van der Waals surface area contributed by atoms with Crippen LogP contribution in [0.25, 0.3) is 0 Å². The van der Waals surface area contributed by atoms with Gasteiger partial charge in [-0.2, -0.15) is 0 Å². The van der Waals surface area contributed by atoms with E-state index in [2.05, 4.69) is 12.2 Å². The van der Waals surface area contributed by atoms with Gasteiger partial charge in [-0.05, 0) is 38.0 Å². The molecule has 1 fully saturated rings. The number of unbranched alkanes of at least 4 members (excludes halogenated alkanes) is 1. The standard InChI is InChI=1S/C15H27NO3/c1-3-4-5-11(2)14(17)16-10-12-6-8-13(9-7-12)15(18)19/h11-13H,3-10H2,1-2H3,(H,16,17)(H,18,19). The van der Waals surface area contributed by atoms with Crippen molar-refractivity contribution in [1.29, 1.82) is 0 Å². The summed E-state index contributed by atoms with van der Waals surface area (Å²) in [5.41, 5.74) is 0. The Morgan fingerprint density at radius 1 is 1.26 bits per heavy atom. The topological polar surface area (TPSA) is 66.4 Å². The first-order valence-electron chi connectivity index (χ1n) is 7.55. The summed E-state index contributed by atoms with van der Waals surface area (Å²) >= 11 is 0. The van der Waals surface area contributed by atoms with E-state index in [0.717, 1.165) is 44.9 Å². The van der Waals surface area contributed by atoms with E-state index >= 15 is 0 Å². The van der Waals surface area contributed by atoms with Crippen LogP contribution in [0.2, 0.25) is 0 Å². The number of hydrogen-bond acceptors (Lipinski definition) is 2. The van der Waals surface area contributed by atoms with Gasteiger partial charge in [-0.1, -0.05) is 26.7 Å². The van der Waals surface area contributed by atoms with Crippen LogP contribution in [0.5, 0.6) is 0 Å². The number of hydrogen-bond donors (Lipinski definition) is 2. The molecule has 1 unspecified atom stereocenters. The zero-order valence-electron chi connectivity index (χ0n) is 12.2. The number of carbonyl (C=O) groups is 2. The summed E-state index contributed by atoms with van der Waals surface area (Å²) in [6.07, 6.45) is 6.51. The highest BCUT2D eigenvalue weighted by Gasteiger charge is 2.26. The van der Waals surface area contributed by atoms with E-state index in [1.807, 2.05) is 6.92 Å². The van der Waals surface area contributed by atoms with Gasteiger partial charge in [0.15, 0.2) is 0 Å². The van der Waals surface area contributed by atoms with E-state index < -0.39 is 5.97 Å². The second kappa shape index (κ2) is 8.18. The largest absolute Gasteiger partial charge is 0.481 e. The Morgan fingerprint density at radius 3 is 2.42 bits per heavy atom. The summed E-state index contributed by atoms with van der Waals surface area (Å²) in [5.74, 6) is -0.145. The van der Waals surface area contributed by atoms with Crippen LogP contribution in [0.1, 0.15) is 58.8 Å². The SMILES string of the molecule is CCCCC(C)C(=O)NCC1CCC(C(=O)O)CC1. The highest BCUT2D eigenvalue weighted by molar-refractivity contribution is 5.78. The van der Waals surface area contributed by atoms with Crippen LogP contribution in [0.3, 0.4) is 0 Å². The smallest absolute Gasteiger partial charge is 0.306 e. The molecule has 1 aliphatic rings. The Kier molecular flexibility index (Phi) is 6.89. The van der Waals surface area contributed by atoms with Crippen molar-refractivity contribution in [1.82, 2.24) is 5.32 Å². The molecule has 0 radical (unpaired) electrons. The maximum absolute atomic E-state index is 11.9. The van der Waals surface area contributed by atoms with Gasteiger partial charge in [-0.3, -0.25) is 9.59 Å². The number of carboxylic acids is 1. The number of amides is 1. The minimum atomic E-state index is -0.671. The maximum atomic E-state index is 11.9. The van der Waals surface area contributed by atoms with Crippen molar-refractivity contribution in [3.05, 3.63) is 0 Å². The van der Waals surface area contributed by atoms with Crippen molar-refractivity contribution in [2.45, 2.75) is 58.8 Å². The highest BCUT2D eigenvalue weighted by Crippen LogP contribution is 2.28. The van der Waals surface area contributed by atoms with E-state index in [-0.39, 0.29) is 17.7 Å². The van der Waals surface area contributed by atoms with Gasteiger partial charge in [0.05, 0.1) is 5.92 Å². The van der Waals surface area contributed by atoms with Crippen LogP contribution in [0, 0.1) is 17.8 Å². The Balaban J connectivity index is 2.19. The molecule has 1 amide bonds. The predicted molar refractivity (Wildman–Crippen MR) is 74.8 cm³/mol. The van der Waals surface area contributed by atoms with E-state index in [1.165, 1.54) is 0 Å². The van der Waals surface area contributed by atoms with E-state index in [1.54, 1.807) is 0 Å². The molecular formula is C15H27NO3. The summed E-state index contributed by atoms with van der Waals surface area (Å²) < 4.78 is 0. The average molecular weight is 269 g/mol. The first-order valence-corrected chi connectivity index (χ1v) is 7.55. The normalized spacial score (nSPS) is 24.7. The maximum Gasteiger partial charge on any atom is 0.306 e. The number of carboxylic acid groups (broad SMARTS) is 1. The predicted octanol–water partition coefficient (Wildman–Crippen LogP) is 2.82. The second-order valence-electron chi connectivity index (χ2n) is 5.84. The number of carbonyl (C=O) groups excluding carboxylic acids is 1. The third-order valence-electron chi connectivity index (χ3n) is 4.20. The first kappa shape index (κ1) is 16.0. The molecule has 0 aromatic carbocycles. The molecule has 0 aliphatic heterocycles. The van der Waals surface area contributed by atoms with E-state index in [9.17, 15) is 9.59 Å². The molecule has 4 nitrogen and oxygen atoms in total. The Labute approximate surface area is 116 Å². The van der Waals surface area contributed by atoms with Gasteiger partial charge in [0.1, 0.15) is 0 Å². The number of rotatable bonds is 7. The Hall–Kier alpha value is -1.06. The molecular weight excluding hydrogens is 242 g/mol. The number of aliphatic carboxylic acids is 1. The van der Waals surface area contributed by atoms with Crippen molar-refractivity contribution in [3.8, 4) is 0 Å². The lowest BCUT2D eigenvalue weighted by Crippen LogP contribution is -2.35. The molecule has 4 heteroatoms. The van der Waals surface area contributed by atoms with Crippen LogP contribution in [0.4, 0.5) is 0 Å². The molecule has 0 bridgehead atoms. The molecule has 0 heterocycles. The second-order valence-corrected chi connectivity index (χ2v) is 5.84. The fourth-order valence-electron chi connectivity index (χ4n) is 2.67. The Morgan fingerprint density at radius 2 is 1.89 bits per heavy atom. The molecule has 1 rings (SSSR count). The lowest BCUT2D eigenvalue weighted by atomic mass is 9.82. The van der Waals surface area contributed by atoms with Crippen LogP contribution < -0.4 is 5.32 Å². The third-order valence-corrected chi connectivity index (χ3v) is 4.20. The van der Waals surface area contributed by atoms with Crippen molar-refractivity contribution < 1.29 is 14.7 Å². The fraction of sp³-hybridized carbons (Fsp3) is 0.867. The highest BCUT2D eigenvalue weighted by atomic mass is 16.4. The van der Waals surface area contributed by atoms with Gasteiger partial charge in [0, 0.05) is 12.5 Å². The van der Waals surface area contributed by atoms with Crippen LogP contribution in [-0.2, 0) is 9.59 Å².